The smallest absolute Gasteiger partial charge is 0.234 e. The van der Waals surface area contributed by atoms with E-state index in [-0.39, 0.29) is 29.9 Å². The third kappa shape index (κ3) is 5.47. The zero-order valence-corrected chi connectivity index (χ0v) is 18.6. The van der Waals surface area contributed by atoms with E-state index in [1.807, 2.05) is 63.2 Å². The van der Waals surface area contributed by atoms with Crippen molar-refractivity contribution < 1.29 is 14.3 Å². The molecule has 2 aromatic rings. The Morgan fingerprint density at radius 1 is 1.26 bits per heavy atom. The minimum Gasteiger partial charge on any atom is -0.494 e. The highest BCUT2D eigenvalue weighted by Crippen LogP contribution is 2.36. The predicted octanol–water partition coefficient (Wildman–Crippen LogP) is 4.41. The van der Waals surface area contributed by atoms with Crippen LogP contribution in [0, 0.1) is 25.2 Å². The van der Waals surface area contributed by atoms with Gasteiger partial charge in [-0.2, -0.15) is 5.26 Å². The summed E-state index contributed by atoms with van der Waals surface area (Å²) in [6.45, 7) is 6.43. The van der Waals surface area contributed by atoms with Gasteiger partial charge in [-0.05, 0) is 55.7 Å². The van der Waals surface area contributed by atoms with E-state index in [1.165, 1.54) is 11.8 Å². The number of thioether (sulfide) groups is 1. The van der Waals surface area contributed by atoms with Crippen LogP contribution in [0.4, 0.5) is 5.69 Å². The summed E-state index contributed by atoms with van der Waals surface area (Å²) in [5.41, 5.74) is 4.21. The zero-order valence-electron chi connectivity index (χ0n) is 17.8. The molecule has 0 bridgehead atoms. The number of hydrogen-bond donors (Lipinski definition) is 2. The van der Waals surface area contributed by atoms with Crippen molar-refractivity contribution in [2.24, 2.45) is 0 Å². The first-order valence-electron chi connectivity index (χ1n) is 10.1. The fourth-order valence-corrected chi connectivity index (χ4v) is 4.27. The Labute approximate surface area is 186 Å². The fraction of sp³-hybridized carbons (Fsp3) is 0.292. The van der Waals surface area contributed by atoms with Crippen LogP contribution in [0.1, 0.15) is 36.0 Å². The van der Waals surface area contributed by atoms with Gasteiger partial charge in [-0.15, -0.1) is 0 Å². The first-order chi connectivity index (χ1) is 14.9. The van der Waals surface area contributed by atoms with E-state index in [1.54, 1.807) is 0 Å². The standard InChI is InChI=1S/C24H25N3O3S/c1-4-30-18-10-8-17(9-11-18)19-12-22(28)27-24(20(19)13-25)31-14-23(29)26-21-7-5-6-15(2)16(21)3/h5-11,19H,4,12,14H2,1-3H3,(H,26,29)(H,27,28)/t19-/m0/s1. The summed E-state index contributed by atoms with van der Waals surface area (Å²) in [7, 11) is 0. The van der Waals surface area contributed by atoms with Crippen molar-refractivity contribution in [1.82, 2.24) is 5.32 Å². The van der Waals surface area contributed by atoms with Crippen LogP contribution >= 0.6 is 11.8 Å². The number of benzene rings is 2. The lowest BCUT2D eigenvalue weighted by Crippen LogP contribution is -2.31. The van der Waals surface area contributed by atoms with E-state index >= 15 is 0 Å². The van der Waals surface area contributed by atoms with E-state index in [4.69, 9.17) is 4.74 Å². The molecule has 0 aliphatic carbocycles. The summed E-state index contributed by atoms with van der Waals surface area (Å²) in [6.07, 6.45) is 0.190. The Morgan fingerprint density at radius 3 is 2.68 bits per heavy atom. The molecule has 0 aromatic heterocycles. The van der Waals surface area contributed by atoms with E-state index in [0.717, 1.165) is 28.1 Å². The van der Waals surface area contributed by atoms with Crippen LogP contribution < -0.4 is 15.4 Å². The number of hydrogen-bond acceptors (Lipinski definition) is 5. The molecular weight excluding hydrogens is 410 g/mol. The topological polar surface area (TPSA) is 91.2 Å². The van der Waals surface area contributed by atoms with E-state index in [0.29, 0.717) is 17.2 Å². The number of amides is 2. The van der Waals surface area contributed by atoms with Gasteiger partial charge in [0.25, 0.3) is 0 Å². The number of carbonyl (C=O) groups excluding carboxylic acids is 2. The van der Waals surface area contributed by atoms with Gasteiger partial charge in [0, 0.05) is 18.0 Å². The van der Waals surface area contributed by atoms with Gasteiger partial charge in [0.05, 0.1) is 29.0 Å². The molecule has 1 aliphatic rings. The Bertz CT molecular complexity index is 1050. The molecule has 2 aromatic carbocycles. The number of nitrogens with zero attached hydrogens (tertiary/aromatic N) is 1. The number of allylic oxidation sites excluding steroid dienone is 1. The number of ether oxygens (including phenoxy) is 1. The first kappa shape index (κ1) is 22.4. The molecule has 7 heteroatoms. The van der Waals surface area contributed by atoms with Crippen LogP contribution in [0.3, 0.4) is 0 Å². The highest BCUT2D eigenvalue weighted by molar-refractivity contribution is 8.03. The average molecular weight is 436 g/mol. The fourth-order valence-electron chi connectivity index (χ4n) is 3.39. The number of anilines is 1. The van der Waals surface area contributed by atoms with Crippen molar-refractivity contribution >= 4 is 29.3 Å². The van der Waals surface area contributed by atoms with Crippen molar-refractivity contribution in [3.05, 3.63) is 69.8 Å². The van der Waals surface area contributed by atoms with Crippen molar-refractivity contribution in [3.8, 4) is 11.8 Å². The van der Waals surface area contributed by atoms with E-state index < -0.39 is 0 Å². The second-order valence-electron chi connectivity index (χ2n) is 7.25. The molecule has 0 saturated carbocycles. The lowest BCUT2D eigenvalue weighted by molar-refractivity contribution is -0.121. The molecule has 1 atom stereocenters. The number of nitrogens with one attached hydrogen (secondary N) is 2. The van der Waals surface area contributed by atoms with Gasteiger partial charge in [-0.25, -0.2) is 0 Å². The maximum absolute atomic E-state index is 12.5. The minimum atomic E-state index is -0.348. The van der Waals surface area contributed by atoms with Gasteiger partial charge < -0.3 is 15.4 Å². The van der Waals surface area contributed by atoms with Gasteiger partial charge >= 0.3 is 0 Å². The third-order valence-corrected chi connectivity index (χ3v) is 6.19. The molecule has 2 amide bonds. The first-order valence-corrected chi connectivity index (χ1v) is 11.1. The molecule has 6 nitrogen and oxygen atoms in total. The zero-order chi connectivity index (χ0) is 22.4. The van der Waals surface area contributed by atoms with Gasteiger partial charge in [0.2, 0.25) is 11.8 Å². The lowest BCUT2D eigenvalue weighted by Gasteiger charge is -2.25. The van der Waals surface area contributed by atoms with Crippen molar-refractivity contribution in [2.45, 2.75) is 33.1 Å². The van der Waals surface area contributed by atoms with E-state index in [2.05, 4.69) is 16.7 Å². The molecule has 160 valence electrons. The van der Waals surface area contributed by atoms with Crippen LogP contribution in [0.2, 0.25) is 0 Å². The normalized spacial score (nSPS) is 15.8. The Balaban J connectivity index is 1.75. The molecule has 3 rings (SSSR count). The molecule has 0 radical (unpaired) electrons. The largest absolute Gasteiger partial charge is 0.494 e. The molecule has 0 fully saturated rings. The number of carbonyl (C=O) groups is 2. The SMILES string of the molecule is CCOc1ccc([C@@H]2CC(=O)NC(SCC(=O)Nc3cccc(C)c3C)=C2C#N)cc1. The molecule has 31 heavy (non-hydrogen) atoms. The van der Waals surface area contributed by atoms with Crippen LogP contribution in [-0.4, -0.2) is 24.2 Å². The van der Waals surface area contributed by atoms with Gasteiger partial charge in [0.15, 0.2) is 0 Å². The van der Waals surface area contributed by atoms with Crippen LogP contribution in [0.5, 0.6) is 5.75 Å². The summed E-state index contributed by atoms with van der Waals surface area (Å²) in [5.74, 6) is 0.117. The molecule has 0 unspecified atom stereocenters. The number of nitriles is 1. The van der Waals surface area contributed by atoms with Crippen LogP contribution in [-0.2, 0) is 9.59 Å². The third-order valence-electron chi connectivity index (χ3n) is 5.18. The summed E-state index contributed by atoms with van der Waals surface area (Å²) < 4.78 is 5.47. The van der Waals surface area contributed by atoms with Gasteiger partial charge in [0.1, 0.15) is 5.75 Å². The quantitative estimate of drug-likeness (QED) is 0.672. The molecule has 2 N–H and O–H groups in total. The average Bonchev–Trinajstić information content (AvgIpc) is 2.76. The molecule has 0 saturated heterocycles. The minimum absolute atomic E-state index is 0.0875. The Kier molecular flexibility index (Phi) is 7.37. The Hall–Kier alpha value is -3.24. The summed E-state index contributed by atoms with van der Waals surface area (Å²) in [4.78, 5) is 24.8. The van der Waals surface area contributed by atoms with Crippen molar-refractivity contribution in [3.63, 3.8) is 0 Å². The molecular formula is C24H25N3O3S. The highest BCUT2D eigenvalue weighted by atomic mass is 32.2. The molecule has 1 aliphatic heterocycles. The van der Waals surface area contributed by atoms with E-state index in [9.17, 15) is 14.9 Å². The molecule has 1 heterocycles. The Morgan fingerprint density at radius 2 is 2.00 bits per heavy atom. The summed E-state index contributed by atoms with van der Waals surface area (Å²) in [5, 5.41) is 15.9. The highest BCUT2D eigenvalue weighted by Gasteiger charge is 2.30. The summed E-state index contributed by atoms with van der Waals surface area (Å²) in [6, 6.07) is 15.4. The number of rotatable bonds is 7. The van der Waals surface area contributed by atoms with Crippen LogP contribution in [0.25, 0.3) is 0 Å². The second-order valence-corrected chi connectivity index (χ2v) is 8.23. The number of aryl methyl sites for hydroxylation is 1. The maximum Gasteiger partial charge on any atom is 0.234 e. The van der Waals surface area contributed by atoms with Gasteiger partial charge in [-0.3, -0.25) is 9.59 Å². The van der Waals surface area contributed by atoms with Gasteiger partial charge in [-0.1, -0.05) is 36.0 Å². The lowest BCUT2D eigenvalue weighted by atomic mass is 9.87. The predicted molar refractivity (Wildman–Crippen MR) is 123 cm³/mol. The van der Waals surface area contributed by atoms with Crippen molar-refractivity contribution in [2.75, 3.05) is 17.7 Å². The monoisotopic (exact) mass is 435 g/mol. The molecule has 0 spiro atoms. The van der Waals surface area contributed by atoms with Crippen LogP contribution in [0.15, 0.2) is 53.1 Å². The summed E-state index contributed by atoms with van der Waals surface area (Å²) >= 11 is 1.17. The maximum atomic E-state index is 12.5. The second kappa shape index (κ2) is 10.2. The van der Waals surface area contributed by atoms with Crippen molar-refractivity contribution in [1.29, 1.82) is 5.26 Å².